The van der Waals surface area contributed by atoms with Gasteiger partial charge in [-0.3, -0.25) is 9.89 Å². The van der Waals surface area contributed by atoms with Gasteiger partial charge in [0.15, 0.2) is 0 Å². The van der Waals surface area contributed by atoms with Gasteiger partial charge in [0.25, 0.3) is 0 Å². The zero-order valence-electron chi connectivity index (χ0n) is 11.8. The minimum Gasteiger partial charge on any atom is -0.322 e. The van der Waals surface area contributed by atoms with E-state index in [-0.39, 0.29) is 5.91 Å². The van der Waals surface area contributed by atoms with Crippen LogP contribution in [0.15, 0.2) is 30.3 Å². The number of amides is 1. The van der Waals surface area contributed by atoms with E-state index < -0.39 is 6.04 Å². The fourth-order valence-corrected chi connectivity index (χ4v) is 2.05. The number of H-pyrrole nitrogens is 1. The molecule has 0 aliphatic carbocycles. The summed E-state index contributed by atoms with van der Waals surface area (Å²) in [6.45, 7) is 3.71. The van der Waals surface area contributed by atoms with Crippen LogP contribution < -0.4 is 11.1 Å². The SMILES string of the molecule is Cc1n[nH]c(C)c1NC(=O)[C@@H](N)CCc1ccccc1. The van der Waals surface area contributed by atoms with Gasteiger partial charge in [0.1, 0.15) is 0 Å². The van der Waals surface area contributed by atoms with Crippen molar-refractivity contribution in [2.75, 3.05) is 5.32 Å². The summed E-state index contributed by atoms with van der Waals surface area (Å²) >= 11 is 0. The number of rotatable bonds is 5. The average Bonchev–Trinajstić information content (AvgIpc) is 2.77. The molecule has 0 spiro atoms. The molecule has 1 heterocycles. The number of nitrogens with zero attached hydrogens (tertiary/aromatic N) is 1. The van der Waals surface area contributed by atoms with Gasteiger partial charge in [-0.15, -0.1) is 0 Å². The quantitative estimate of drug-likeness (QED) is 0.777. The molecule has 2 aromatic rings. The first-order chi connectivity index (χ1) is 9.58. The van der Waals surface area contributed by atoms with Crippen LogP contribution in [0.5, 0.6) is 0 Å². The van der Waals surface area contributed by atoms with E-state index in [1.54, 1.807) is 0 Å². The minimum atomic E-state index is -0.524. The molecule has 20 heavy (non-hydrogen) atoms. The Hall–Kier alpha value is -2.14. The summed E-state index contributed by atoms with van der Waals surface area (Å²) in [5, 5.41) is 9.71. The van der Waals surface area contributed by atoms with Crippen LogP contribution in [0, 0.1) is 13.8 Å². The normalized spacial score (nSPS) is 12.2. The molecule has 1 amide bonds. The van der Waals surface area contributed by atoms with Gasteiger partial charge in [-0.1, -0.05) is 30.3 Å². The Morgan fingerprint density at radius 1 is 1.35 bits per heavy atom. The Bertz CT molecular complexity index is 557. The minimum absolute atomic E-state index is 0.173. The van der Waals surface area contributed by atoms with Crippen LogP contribution in [0.4, 0.5) is 5.69 Å². The molecule has 106 valence electrons. The van der Waals surface area contributed by atoms with E-state index in [1.807, 2.05) is 44.2 Å². The Morgan fingerprint density at radius 3 is 2.65 bits per heavy atom. The molecule has 0 radical (unpaired) electrons. The average molecular weight is 272 g/mol. The van der Waals surface area contributed by atoms with Crippen molar-refractivity contribution in [1.82, 2.24) is 10.2 Å². The summed E-state index contributed by atoms with van der Waals surface area (Å²) in [4.78, 5) is 12.1. The molecule has 0 aliphatic rings. The van der Waals surface area contributed by atoms with Crippen LogP contribution in [0.1, 0.15) is 23.4 Å². The lowest BCUT2D eigenvalue weighted by atomic mass is 10.1. The van der Waals surface area contributed by atoms with Gasteiger partial charge >= 0.3 is 0 Å². The first-order valence-corrected chi connectivity index (χ1v) is 6.70. The lowest BCUT2D eigenvalue weighted by Gasteiger charge is -2.12. The maximum atomic E-state index is 12.1. The Labute approximate surface area is 118 Å². The van der Waals surface area contributed by atoms with Crippen LogP contribution in [-0.2, 0) is 11.2 Å². The molecule has 0 bridgehead atoms. The number of carbonyl (C=O) groups excluding carboxylic acids is 1. The van der Waals surface area contributed by atoms with Crippen molar-refractivity contribution < 1.29 is 4.79 Å². The number of nitrogens with one attached hydrogen (secondary N) is 2. The van der Waals surface area contributed by atoms with Crippen molar-refractivity contribution >= 4 is 11.6 Å². The third-order valence-electron chi connectivity index (χ3n) is 3.30. The Morgan fingerprint density at radius 2 is 2.05 bits per heavy atom. The Kier molecular flexibility index (Phi) is 4.53. The molecule has 0 unspecified atom stereocenters. The zero-order chi connectivity index (χ0) is 14.5. The Balaban J connectivity index is 1.89. The number of aromatic nitrogens is 2. The van der Waals surface area contributed by atoms with Crippen molar-refractivity contribution in [3.05, 3.63) is 47.3 Å². The monoisotopic (exact) mass is 272 g/mol. The van der Waals surface area contributed by atoms with Gasteiger partial charge in [0.2, 0.25) is 5.91 Å². The fourth-order valence-electron chi connectivity index (χ4n) is 2.05. The van der Waals surface area contributed by atoms with E-state index >= 15 is 0 Å². The standard InChI is InChI=1S/C15H20N4O/c1-10-14(11(2)19-18-10)17-15(20)13(16)9-8-12-6-4-3-5-7-12/h3-7,13H,8-9,16H2,1-2H3,(H,17,20)(H,18,19)/t13-/m0/s1. The summed E-state index contributed by atoms with van der Waals surface area (Å²) in [7, 11) is 0. The van der Waals surface area contributed by atoms with Crippen molar-refractivity contribution in [1.29, 1.82) is 0 Å². The molecule has 0 saturated carbocycles. The van der Waals surface area contributed by atoms with Gasteiger partial charge < -0.3 is 11.1 Å². The number of nitrogens with two attached hydrogens (primary N) is 1. The first-order valence-electron chi connectivity index (χ1n) is 6.70. The third-order valence-corrected chi connectivity index (χ3v) is 3.30. The molecule has 5 nitrogen and oxygen atoms in total. The third kappa shape index (κ3) is 3.45. The van der Waals surface area contributed by atoms with Crippen molar-refractivity contribution in [2.45, 2.75) is 32.7 Å². The van der Waals surface area contributed by atoms with Crippen LogP contribution in [-0.4, -0.2) is 22.1 Å². The summed E-state index contributed by atoms with van der Waals surface area (Å²) in [5.41, 5.74) is 9.46. The second-order valence-electron chi connectivity index (χ2n) is 4.93. The van der Waals surface area contributed by atoms with Crippen LogP contribution in [0.3, 0.4) is 0 Å². The molecule has 0 aliphatic heterocycles. The molecule has 1 atom stereocenters. The number of hydrogen-bond acceptors (Lipinski definition) is 3. The molecule has 4 N–H and O–H groups in total. The van der Waals surface area contributed by atoms with Crippen molar-refractivity contribution in [3.8, 4) is 0 Å². The summed E-state index contributed by atoms with van der Waals surface area (Å²) in [5.74, 6) is -0.173. The number of benzene rings is 1. The zero-order valence-corrected chi connectivity index (χ0v) is 11.8. The van der Waals surface area contributed by atoms with E-state index in [2.05, 4.69) is 15.5 Å². The van der Waals surface area contributed by atoms with Crippen molar-refractivity contribution in [3.63, 3.8) is 0 Å². The maximum absolute atomic E-state index is 12.1. The lowest BCUT2D eigenvalue weighted by molar-refractivity contribution is -0.117. The van der Waals surface area contributed by atoms with Crippen LogP contribution >= 0.6 is 0 Å². The van der Waals surface area contributed by atoms with E-state index in [0.29, 0.717) is 6.42 Å². The van der Waals surface area contributed by atoms with E-state index in [0.717, 1.165) is 23.5 Å². The topological polar surface area (TPSA) is 83.8 Å². The highest BCUT2D eigenvalue weighted by Gasteiger charge is 2.16. The second-order valence-corrected chi connectivity index (χ2v) is 4.93. The fraction of sp³-hybridized carbons (Fsp3) is 0.333. The number of carbonyl (C=O) groups is 1. The van der Waals surface area contributed by atoms with Crippen molar-refractivity contribution in [2.24, 2.45) is 5.73 Å². The molecule has 1 aromatic heterocycles. The molecular weight excluding hydrogens is 252 g/mol. The van der Waals surface area contributed by atoms with Crippen LogP contribution in [0.25, 0.3) is 0 Å². The summed E-state index contributed by atoms with van der Waals surface area (Å²) < 4.78 is 0. The second kappa shape index (κ2) is 6.34. The van der Waals surface area contributed by atoms with Gasteiger partial charge in [-0.25, -0.2) is 0 Å². The largest absolute Gasteiger partial charge is 0.322 e. The number of aromatic amines is 1. The number of hydrogen-bond donors (Lipinski definition) is 3. The highest BCUT2D eigenvalue weighted by atomic mass is 16.2. The number of aryl methyl sites for hydroxylation is 3. The van der Waals surface area contributed by atoms with Gasteiger partial charge in [0, 0.05) is 0 Å². The van der Waals surface area contributed by atoms with Gasteiger partial charge in [-0.2, -0.15) is 5.10 Å². The van der Waals surface area contributed by atoms with Crippen LogP contribution in [0.2, 0.25) is 0 Å². The van der Waals surface area contributed by atoms with Gasteiger partial charge in [0.05, 0.1) is 23.1 Å². The smallest absolute Gasteiger partial charge is 0.241 e. The molecule has 0 saturated heterocycles. The first kappa shape index (κ1) is 14.3. The predicted octanol–water partition coefficient (Wildman–Crippen LogP) is 1.93. The van der Waals surface area contributed by atoms with Gasteiger partial charge in [-0.05, 0) is 32.3 Å². The molecule has 2 rings (SSSR count). The highest BCUT2D eigenvalue weighted by Crippen LogP contribution is 2.16. The number of anilines is 1. The maximum Gasteiger partial charge on any atom is 0.241 e. The molecular formula is C15H20N4O. The summed E-state index contributed by atoms with van der Waals surface area (Å²) in [6, 6.07) is 9.49. The van der Waals surface area contributed by atoms with E-state index in [1.165, 1.54) is 5.56 Å². The summed E-state index contributed by atoms with van der Waals surface area (Å²) in [6.07, 6.45) is 1.41. The lowest BCUT2D eigenvalue weighted by Crippen LogP contribution is -2.36. The molecule has 5 heteroatoms. The molecule has 0 fully saturated rings. The van der Waals surface area contributed by atoms with E-state index in [9.17, 15) is 4.79 Å². The molecule has 1 aromatic carbocycles. The highest BCUT2D eigenvalue weighted by molar-refractivity contribution is 5.95. The van der Waals surface area contributed by atoms with E-state index in [4.69, 9.17) is 5.73 Å². The predicted molar refractivity (Wildman–Crippen MR) is 79.4 cm³/mol.